The fraction of sp³-hybridized carbons (Fsp3) is 0.571. The Kier molecular flexibility index (Phi) is 12.3. The molecule has 5 nitrogen and oxygen atoms in total. The van der Waals surface area contributed by atoms with E-state index in [1.54, 1.807) is 13.8 Å². The molecule has 0 aliphatic heterocycles. The van der Waals surface area contributed by atoms with Crippen molar-refractivity contribution in [2.45, 2.75) is 129 Å². The Morgan fingerprint density at radius 2 is 1.28 bits per heavy atom. The van der Waals surface area contributed by atoms with Gasteiger partial charge in [-0.05, 0) is 112 Å². The molecule has 2 aromatic carbocycles. The van der Waals surface area contributed by atoms with Crippen LogP contribution in [0.3, 0.4) is 0 Å². The lowest BCUT2D eigenvalue weighted by Gasteiger charge is -2.32. The van der Waals surface area contributed by atoms with Gasteiger partial charge in [0.05, 0.1) is 6.61 Å². The van der Waals surface area contributed by atoms with E-state index >= 15 is 0 Å². The summed E-state index contributed by atoms with van der Waals surface area (Å²) in [5.41, 5.74) is 1.77. The van der Waals surface area contributed by atoms with Crippen LogP contribution in [0.4, 0.5) is 0 Å². The van der Waals surface area contributed by atoms with Gasteiger partial charge >= 0.3 is 0 Å². The normalized spacial score (nSPS) is 19.3. The molecule has 0 amide bonds. The summed E-state index contributed by atoms with van der Waals surface area (Å²) in [6, 6.07) is 17.6. The molecule has 0 bridgehead atoms. The molecule has 1 aliphatic carbocycles. The van der Waals surface area contributed by atoms with Crippen LogP contribution in [0.15, 0.2) is 73.8 Å². The first-order valence-corrected chi connectivity index (χ1v) is 17.4. The van der Waals surface area contributed by atoms with Crippen molar-refractivity contribution >= 4 is 11.6 Å². The van der Waals surface area contributed by atoms with Crippen LogP contribution in [-0.4, -0.2) is 41.6 Å². The maximum Gasteiger partial charge on any atom is 0.186 e. The molecular formula is C42H60O5. The molecule has 0 spiro atoms. The minimum absolute atomic E-state index is 0.0416. The van der Waals surface area contributed by atoms with Gasteiger partial charge in [0.1, 0.15) is 22.6 Å². The molecule has 0 heterocycles. The maximum absolute atomic E-state index is 12.3. The molecule has 0 aromatic heterocycles. The number of hydrogen-bond donors (Lipinski definition) is 0. The highest BCUT2D eigenvalue weighted by molar-refractivity contribution is 5.96. The average Bonchev–Trinajstić information content (AvgIpc) is 3.85. The third-order valence-corrected chi connectivity index (χ3v) is 10.9. The van der Waals surface area contributed by atoms with Gasteiger partial charge in [0.25, 0.3) is 0 Å². The van der Waals surface area contributed by atoms with E-state index < -0.39 is 16.8 Å². The fourth-order valence-corrected chi connectivity index (χ4v) is 6.52. The van der Waals surface area contributed by atoms with Crippen molar-refractivity contribution in [3.8, 4) is 5.75 Å². The molecule has 1 saturated carbocycles. The van der Waals surface area contributed by atoms with E-state index in [0.29, 0.717) is 37.9 Å². The number of benzene rings is 2. The molecule has 0 saturated heterocycles. The lowest BCUT2D eigenvalue weighted by Crippen LogP contribution is -2.38. The van der Waals surface area contributed by atoms with E-state index in [0.717, 1.165) is 18.6 Å². The van der Waals surface area contributed by atoms with E-state index in [1.807, 2.05) is 39.8 Å². The Hall–Kier alpha value is -3.02. The van der Waals surface area contributed by atoms with Crippen molar-refractivity contribution in [1.82, 2.24) is 0 Å². The van der Waals surface area contributed by atoms with E-state index in [1.165, 1.54) is 35.3 Å². The third kappa shape index (κ3) is 9.32. The highest BCUT2D eigenvalue weighted by atomic mass is 16.5. The number of carbonyl (C=O) groups is 2. The second-order valence-corrected chi connectivity index (χ2v) is 15.5. The SMILES string of the molecule is C=CC(=O)C(C)(C)OCCC(C)(C)Oc1ccc(C(C)(C)c2ccc(C3C[C@@H]3C(C)(CC)CCOC(C)(CC)C(=O)C=C)cc2)cc1. The van der Waals surface area contributed by atoms with E-state index in [9.17, 15) is 9.59 Å². The van der Waals surface area contributed by atoms with Crippen LogP contribution in [0.25, 0.3) is 0 Å². The summed E-state index contributed by atoms with van der Waals surface area (Å²) in [6.07, 6.45) is 7.19. The summed E-state index contributed by atoms with van der Waals surface area (Å²) in [4.78, 5) is 24.3. The summed E-state index contributed by atoms with van der Waals surface area (Å²) in [6.45, 7) is 28.9. The van der Waals surface area contributed by atoms with Gasteiger partial charge in [-0.1, -0.05) is 90.6 Å². The smallest absolute Gasteiger partial charge is 0.186 e. The maximum atomic E-state index is 12.3. The second kappa shape index (κ2) is 15.0. The topological polar surface area (TPSA) is 61.8 Å². The van der Waals surface area contributed by atoms with Crippen LogP contribution < -0.4 is 4.74 Å². The summed E-state index contributed by atoms with van der Waals surface area (Å²) < 4.78 is 18.3. The molecule has 3 unspecified atom stereocenters. The van der Waals surface area contributed by atoms with Gasteiger partial charge in [0.15, 0.2) is 11.6 Å². The van der Waals surface area contributed by atoms with Crippen LogP contribution in [0.5, 0.6) is 5.75 Å². The largest absolute Gasteiger partial charge is 0.488 e. The molecule has 0 radical (unpaired) electrons. The highest BCUT2D eigenvalue weighted by Crippen LogP contribution is 2.59. The molecule has 4 atom stereocenters. The molecule has 0 N–H and O–H groups in total. The van der Waals surface area contributed by atoms with Gasteiger partial charge < -0.3 is 14.2 Å². The minimum Gasteiger partial charge on any atom is -0.488 e. The molecule has 5 heteroatoms. The lowest BCUT2D eigenvalue weighted by molar-refractivity contribution is -0.139. The minimum atomic E-state index is -0.888. The zero-order valence-electron chi connectivity index (χ0n) is 30.8. The van der Waals surface area contributed by atoms with Crippen molar-refractivity contribution < 1.29 is 23.8 Å². The van der Waals surface area contributed by atoms with Gasteiger partial charge in [-0.2, -0.15) is 0 Å². The van der Waals surface area contributed by atoms with Crippen molar-refractivity contribution in [2.75, 3.05) is 13.2 Å². The third-order valence-electron chi connectivity index (χ3n) is 10.9. The van der Waals surface area contributed by atoms with Crippen molar-refractivity contribution in [2.24, 2.45) is 11.3 Å². The van der Waals surface area contributed by atoms with Gasteiger partial charge in [-0.25, -0.2) is 0 Å². The highest BCUT2D eigenvalue weighted by Gasteiger charge is 2.49. The zero-order valence-corrected chi connectivity index (χ0v) is 30.8. The van der Waals surface area contributed by atoms with Crippen LogP contribution >= 0.6 is 0 Å². The number of hydrogen-bond acceptors (Lipinski definition) is 5. The Labute approximate surface area is 285 Å². The van der Waals surface area contributed by atoms with Crippen LogP contribution in [-0.2, 0) is 24.5 Å². The first kappa shape index (κ1) is 38.4. The summed E-state index contributed by atoms with van der Waals surface area (Å²) in [7, 11) is 0. The van der Waals surface area contributed by atoms with E-state index in [-0.39, 0.29) is 22.4 Å². The molecule has 2 aromatic rings. The first-order valence-electron chi connectivity index (χ1n) is 17.4. The van der Waals surface area contributed by atoms with Gasteiger partial charge in [0, 0.05) is 18.4 Å². The van der Waals surface area contributed by atoms with Crippen LogP contribution in [0.2, 0.25) is 0 Å². The predicted molar refractivity (Wildman–Crippen MR) is 193 cm³/mol. The Morgan fingerprint density at radius 1 is 0.745 bits per heavy atom. The van der Waals surface area contributed by atoms with Gasteiger partial charge in [0.2, 0.25) is 0 Å². The number of ether oxygens (including phenoxy) is 3. The standard InChI is InChI=1S/C42H60O5/c1-13-36(43)40(9,10)45-27-25-38(5,6)47-33-23-21-32(22-24-33)39(7,8)31-19-17-30(18-20-31)34-29-35(34)41(11,15-3)26-28-46-42(12,16-4)37(44)14-2/h13-14,17-24,34-35H,1-2,15-16,25-29H2,3-12H3/t34?,35-,41?,42?/m0/s1. The van der Waals surface area contributed by atoms with E-state index in [4.69, 9.17) is 14.2 Å². The summed E-state index contributed by atoms with van der Waals surface area (Å²) in [5.74, 6) is 1.81. The Balaban J connectivity index is 1.60. The average molecular weight is 645 g/mol. The quantitative estimate of drug-likeness (QED) is 0.134. The molecule has 47 heavy (non-hydrogen) atoms. The summed E-state index contributed by atoms with van der Waals surface area (Å²) in [5, 5.41) is 0. The number of ketones is 2. The number of rotatable bonds is 20. The molecular weight excluding hydrogens is 584 g/mol. The monoisotopic (exact) mass is 644 g/mol. The molecule has 1 aliphatic rings. The molecule has 3 rings (SSSR count). The van der Waals surface area contributed by atoms with Crippen LogP contribution in [0, 0.1) is 11.3 Å². The van der Waals surface area contributed by atoms with Gasteiger partial charge in [-0.15, -0.1) is 0 Å². The fourth-order valence-electron chi connectivity index (χ4n) is 6.52. The summed E-state index contributed by atoms with van der Waals surface area (Å²) >= 11 is 0. The lowest BCUT2D eigenvalue weighted by atomic mass is 9.76. The van der Waals surface area contributed by atoms with Gasteiger partial charge in [-0.3, -0.25) is 9.59 Å². The Bertz CT molecular complexity index is 1380. The second-order valence-electron chi connectivity index (χ2n) is 15.5. The predicted octanol–water partition coefficient (Wildman–Crippen LogP) is 9.96. The zero-order chi connectivity index (χ0) is 35.3. The van der Waals surface area contributed by atoms with Crippen molar-refractivity contribution in [3.05, 3.63) is 90.5 Å². The van der Waals surface area contributed by atoms with Crippen molar-refractivity contribution in [1.29, 1.82) is 0 Å². The molecule has 1 fully saturated rings. The van der Waals surface area contributed by atoms with Crippen LogP contribution in [0.1, 0.15) is 124 Å². The van der Waals surface area contributed by atoms with Crippen molar-refractivity contribution in [3.63, 3.8) is 0 Å². The Morgan fingerprint density at radius 3 is 1.79 bits per heavy atom. The van der Waals surface area contributed by atoms with E-state index in [2.05, 4.69) is 77.3 Å². The molecule has 258 valence electrons. The first-order chi connectivity index (χ1) is 21.9. The number of carbonyl (C=O) groups excluding carboxylic acids is 2.